The summed E-state index contributed by atoms with van der Waals surface area (Å²) in [5.41, 5.74) is 0.760. The van der Waals surface area contributed by atoms with Gasteiger partial charge in [0.2, 0.25) is 0 Å². The van der Waals surface area contributed by atoms with Gasteiger partial charge in [-0.05, 0) is 19.9 Å². The van der Waals surface area contributed by atoms with Crippen LogP contribution in [-0.4, -0.2) is 16.6 Å². The van der Waals surface area contributed by atoms with E-state index in [-0.39, 0.29) is 5.78 Å². The fourth-order valence-electron chi connectivity index (χ4n) is 1.53. The van der Waals surface area contributed by atoms with Crippen molar-refractivity contribution in [2.24, 2.45) is 4.99 Å². The third-order valence-electron chi connectivity index (χ3n) is 2.23. The Labute approximate surface area is 77.1 Å². The van der Waals surface area contributed by atoms with Gasteiger partial charge in [-0.2, -0.15) is 0 Å². The number of Topliss-reactive ketones (excluding diaryl/α,β-unsaturated/α-hetero) is 1. The van der Waals surface area contributed by atoms with Crippen LogP contribution in [-0.2, 0) is 0 Å². The maximum atomic E-state index is 11.4. The Balaban J connectivity index is 2.55. The highest BCUT2D eigenvalue weighted by Crippen LogP contribution is 2.27. The number of carbonyl (C=O) groups excluding carboxylic acids is 1. The fraction of sp³-hybridized carbons (Fsp3) is 0.400. The summed E-state index contributed by atoms with van der Waals surface area (Å²) < 4.78 is 2.02. The van der Waals surface area contributed by atoms with Gasteiger partial charge in [0.25, 0.3) is 0 Å². The highest BCUT2D eigenvalue weighted by atomic mass is 16.1. The molecule has 1 aliphatic rings. The Morgan fingerprint density at radius 1 is 1.54 bits per heavy atom. The van der Waals surface area contributed by atoms with E-state index >= 15 is 0 Å². The molecule has 3 heteroatoms. The van der Waals surface area contributed by atoms with Crippen molar-refractivity contribution < 1.29 is 4.79 Å². The number of hydrogen-bond acceptors (Lipinski definition) is 2. The largest absolute Gasteiger partial charge is 0.330 e. The Morgan fingerprint density at radius 3 is 3.00 bits per heavy atom. The van der Waals surface area contributed by atoms with E-state index in [0.29, 0.717) is 12.5 Å². The molecular weight excluding hydrogens is 164 g/mol. The van der Waals surface area contributed by atoms with Crippen LogP contribution in [0.25, 0.3) is 0 Å². The standard InChI is InChI=1S/C10H12N2O/c1-7(2)12-6-4-8-9(13)3-5-11-10(8)12/h4-7H,3H2,1-2H3. The van der Waals surface area contributed by atoms with E-state index in [4.69, 9.17) is 0 Å². The van der Waals surface area contributed by atoms with Crippen LogP contribution in [0.2, 0.25) is 0 Å². The van der Waals surface area contributed by atoms with E-state index in [0.717, 1.165) is 11.4 Å². The lowest BCUT2D eigenvalue weighted by atomic mass is 10.1. The SMILES string of the molecule is CC(C)n1ccc2c1N=CCC2=O. The van der Waals surface area contributed by atoms with E-state index in [2.05, 4.69) is 18.8 Å². The minimum absolute atomic E-state index is 0.171. The molecule has 2 heterocycles. The molecule has 0 N–H and O–H groups in total. The molecule has 0 fully saturated rings. The number of fused-ring (bicyclic) bond motifs is 1. The van der Waals surface area contributed by atoms with Gasteiger partial charge in [0.15, 0.2) is 5.78 Å². The maximum absolute atomic E-state index is 11.4. The third-order valence-corrected chi connectivity index (χ3v) is 2.23. The van der Waals surface area contributed by atoms with Gasteiger partial charge in [-0.25, -0.2) is 4.99 Å². The number of hydrogen-bond donors (Lipinski definition) is 0. The van der Waals surface area contributed by atoms with Gasteiger partial charge in [0.05, 0.1) is 5.56 Å². The molecule has 0 saturated carbocycles. The molecule has 1 aliphatic heterocycles. The van der Waals surface area contributed by atoms with Crippen LogP contribution >= 0.6 is 0 Å². The number of ketones is 1. The summed E-state index contributed by atoms with van der Waals surface area (Å²) in [6.07, 6.45) is 4.05. The lowest BCUT2D eigenvalue weighted by molar-refractivity contribution is 0.100. The van der Waals surface area contributed by atoms with Crippen molar-refractivity contribution in [1.82, 2.24) is 4.57 Å². The van der Waals surface area contributed by atoms with Gasteiger partial charge >= 0.3 is 0 Å². The van der Waals surface area contributed by atoms with Gasteiger partial charge in [0, 0.05) is 24.9 Å². The van der Waals surface area contributed by atoms with E-state index in [1.54, 1.807) is 6.21 Å². The molecule has 0 saturated heterocycles. The lowest BCUT2D eigenvalue weighted by Crippen LogP contribution is -2.06. The van der Waals surface area contributed by atoms with E-state index in [1.165, 1.54) is 0 Å². The van der Waals surface area contributed by atoms with Gasteiger partial charge in [0.1, 0.15) is 5.82 Å². The van der Waals surface area contributed by atoms with Crippen LogP contribution in [0.4, 0.5) is 5.82 Å². The van der Waals surface area contributed by atoms with Crippen molar-refractivity contribution in [3.63, 3.8) is 0 Å². The average Bonchev–Trinajstić information content (AvgIpc) is 2.48. The first-order chi connectivity index (χ1) is 6.20. The lowest BCUT2D eigenvalue weighted by Gasteiger charge is -2.12. The van der Waals surface area contributed by atoms with E-state index in [1.807, 2.05) is 16.8 Å². The second-order valence-electron chi connectivity index (χ2n) is 3.49. The van der Waals surface area contributed by atoms with Crippen LogP contribution in [0, 0.1) is 0 Å². The van der Waals surface area contributed by atoms with Gasteiger partial charge in [-0.1, -0.05) is 0 Å². The van der Waals surface area contributed by atoms with Gasteiger partial charge in [-0.15, -0.1) is 0 Å². The minimum atomic E-state index is 0.171. The number of carbonyl (C=O) groups is 1. The highest BCUT2D eigenvalue weighted by Gasteiger charge is 2.18. The summed E-state index contributed by atoms with van der Waals surface area (Å²) in [7, 11) is 0. The van der Waals surface area contributed by atoms with Gasteiger partial charge in [-0.3, -0.25) is 4.79 Å². The molecule has 0 spiro atoms. The van der Waals surface area contributed by atoms with Gasteiger partial charge < -0.3 is 4.57 Å². The zero-order valence-electron chi connectivity index (χ0n) is 7.82. The zero-order chi connectivity index (χ0) is 9.42. The molecule has 2 rings (SSSR count). The maximum Gasteiger partial charge on any atom is 0.171 e. The molecule has 0 amide bonds. The molecule has 0 radical (unpaired) electrons. The Kier molecular flexibility index (Phi) is 1.79. The Bertz CT molecular complexity index is 374. The number of aromatic nitrogens is 1. The summed E-state index contributed by atoms with van der Waals surface area (Å²) in [5.74, 6) is 0.982. The van der Waals surface area contributed by atoms with Crippen LogP contribution in [0.15, 0.2) is 17.3 Å². The quantitative estimate of drug-likeness (QED) is 0.646. The van der Waals surface area contributed by atoms with Crippen molar-refractivity contribution in [3.05, 3.63) is 17.8 Å². The van der Waals surface area contributed by atoms with Crippen molar-refractivity contribution in [3.8, 4) is 0 Å². The number of nitrogens with zero attached hydrogens (tertiary/aromatic N) is 2. The molecule has 1 aromatic heterocycles. The predicted molar refractivity (Wildman–Crippen MR) is 51.9 cm³/mol. The first kappa shape index (κ1) is 8.23. The van der Waals surface area contributed by atoms with E-state index in [9.17, 15) is 4.79 Å². The summed E-state index contributed by atoms with van der Waals surface area (Å²) in [4.78, 5) is 15.7. The van der Waals surface area contributed by atoms with Crippen LogP contribution in [0.5, 0.6) is 0 Å². The molecule has 13 heavy (non-hydrogen) atoms. The summed E-state index contributed by atoms with van der Waals surface area (Å²) in [6.45, 7) is 4.16. The highest BCUT2D eigenvalue weighted by molar-refractivity contribution is 6.09. The molecule has 68 valence electrons. The molecule has 1 aromatic rings. The van der Waals surface area contributed by atoms with Crippen molar-refractivity contribution in [2.45, 2.75) is 26.3 Å². The molecule has 3 nitrogen and oxygen atoms in total. The Morgan fingerprint density at radius 2 is 2.31 bits per heavy atom. The molecule has 0 aromatic carbocycles. The first-order valence-electron chi connectivity index (χ1n) is 4.46. The second-order valence-corrected chi connectivity index (χ2v) is 3.49. The summed E-state index contributed by atoms with van der Waals surface area (Å²) in [6, 6.07) is 2.21. The molecule has 0 bridgehead atoms. The molecule has 0 aliphatic carbocycles. The van der Waals surface area contributed by atoms with Crippen LogP contribution < -0.4 is 0 Å². The normalized spacial score (nSPS) is 15.2. The van der Waals surface area contributed by atoms with Crippen LogP contribution in [0.1, 0.15) is 36.7 Å². The monoisotopic (exact) mass is 176 g/mol. The first-order valence-corrected chi connectivity index (χ1v) is 4.46. The topological polar surface area (TPSA) is 34.4 Å². The second kappa shape index (κ2) is 2.83. The third kappa shape index (κ3) is 1.20. The number of rotatable bonds is 1. The van der Waals surface area contributed by atoms with E-state index < -0.39 is 0 Å². The molecular formula is C10H12N2O. The number of aliphatic imine (C=N–C) groups is 1. The Hall–Kier alpha value is -1.38. The zero-order valence-corrected chi connectivity index (χ0v) is 7.82. The van der Waals surface area contributed by atoms with Crippen molar-refractivity contribution in [2.75, 3.05) is 0 Å². The van der Waals surface area contributed by atoms with Crippen LogP contribution in [0.3, 0.4) is 0 Å². The van der Waals surface area contributed by atoms with Crippen molar-refractivity contribution >= 4 is 17.8 Å². The smallest absolute Gasteiger partial charge is 0.171 e. The van der Waals surface area contributed by atoms with Crippen molar-refractivity contribution in [1.29, 1.82) is 0 Å². The molecule has 0 unspecified atom stereocenters. The average molecular weight is 176 g/mol. The summed E-state index contributed by atoms with van der Waals surface area (Å²) in [5, 5.41) is 0. The predicted octanol–water partition coefficient (Wildman–Crippen LogP) is 2.36. The molecule has 0 atom stereocenters. The minimum Gasteiger partial charge on any atom is -0.330 e. The fourth-order valence-corrected chi connectivity index (χ4v) is 1.53. The summed E-state index contributed by atoms with van der Waals surface area (Å²) >= 11 is 0.